The molecule has 2 heterocycles. The Kier molecular flexibility index (Phi) is 10.1. The van der Waals surface area contributed by atoms with E-state index in [-0.39, 0.29) is 35.6 Å². The Morgan fingerprint density at radius 1 is 0.939 bits per heavy atom. The number of carbonyl (C=O) groups excluding carboxylic acids is 2. The number of carboxylic acid groups (broad SMARTS) is 1. The number of rotatable bonds is 11. The summed E-state index contributed by atoms with van der Waals surface area (Å²) in [5.74, 6) is -1.61. The molecule has 0 spiro atoms. The third-order valence-corrected chi connectivity index (χ3v) is 6.86. The zero-order chi connectivity index (χ0) is 35.3. The van der Waals surface area contributed by atoms with Crippen LogP contribution in [0.5, 0.6) is 5.75 Å². The van der Waals surface area contributed by atoms with Crippen molar-refractivity contribution in [2.75, 3.05) is 5.32 Å². The average molecular weight is 671 g/mol. The third kappa shape index (κ3) is 9.10. The van der Waals surface area contributed by atoms with Crippen molar-refractivity contribution in [1.29, 1.82) is 0 Å². The second-order valence-electron chi connectivity index (χ2n) is 12.4. The fraction of sp³-hybridized carbons (Fsp3) is 0.250. The number of hydrogen-bond acceptors (Lipinski definition) is 9. The number of anilines is 1. The molecular weight excluding hydrogens is 635 g/mol. The second kappa shape index (κ2) is 14.4. The van der Waals surface area contributed by atoms with Crippen molar-refractivity contribution < 1.29 is 42.3 Å². The van der Waals surface area contributed by atoms with E-state index in [0.717, 1.165) is 6.07 Å². The smallest absolute Gasteiger partial charge is 0.412 e. The average Bonchev–Trinajstić information content (AvgIpc) is 3.71. The second-order valence-corrected chi connectivity index (χ2v) is 12.4. The third-order valence-electron chi connectivity index (χ3n) is 6.86. The summed E-state index contributed by atoms with van der Waals surface area (Å²) in [5, 5.41) is 18.8. The zero-order valence-corrected chi connectivity index (χ0v) is 27.4. The molecule has 3 aromatic carbocycles. The predicted molar refractivity (Wildman–Crippen MR) is 177 cm³/mol. The van der Waals surface area contributed by atoms with Crippen molar-refractivity contribution >= 4 is 23.7 Å². The van der Waals surface area contributed by atoms with Crippen LogP contribution in [0.2, 0.25) is 0 Å². The summed E-state index contributed by atoms with van der Waals surface area (Å²) in [6, 6.07) is 19.5. The van der Waals surface area contributed by atoms with Gasteiger partial charge in [-0.05, 0) is 113 Å². The molecule has 13 heteroatoms. The largest absolute Gasteiger partial charge is 0.491 e. The molecule has 2 aromatic heterocycles. The van der Waals surface area contributed by atoms with Crippen LogP contribution in [0.1, 0.15) is 50.7 Å². The fourth-order valence-corrected chi connectivity index (χ4v) is 4.68. The van der Waals surface area contributed by atoms with Crippen LogP contribution in [0.4, 0.5) is 14.9 Å². The van der Waals surface area contributed by atoms with Crippen molar-refractivity contribution in [2.45, 2.75) is 58.8 Å². The SMILES string of the molecule is CC(C)Oc1ccc(-c2ccc(C(=O)N[C@H](Cc3ccc(-c4noc(-c5ccc(NC(=O)OC(C)(C)C)cc5)n4)c(F)c3)C(=O)O)o2)cc1. The molecule has 5 rings (SSSR count). The van der Waals surface area contributed by atoms with Gasteiger partial charge in [0.1, 0.15) is 29.0 Å². The highest BCUT2D eigenvalue weighted by molar-refractivity contribution is 5.95. The molecule has 49 heavy (non-hydrogen) atoms. The van der Waals surface area contributed by atoms with Crippen LogP contribution in [-0.4, -0.2) is 51.0 Å². The molecule has 254 valence electrons. The number of ether oxygens (including phenoxy) is 2. The fourth-order valence-electron chi connectivity index (χ4n) is 4.68. The van der Waals surface area contributed by atoms with Crippen LogP contribution < -0.4 is 15.4 Å². The molecule has 3 N–H and O–H groups in total. The Morgan fingerprint density at radius 2 is 1.63 bits per heavy atom. The van der Waals surface area contributed by atoms with E-state index in [9.17, 15) is 19.5 Å². The summed E-state index contributed by atoms with van der Waals surface area (Å²) < 4.78 is 37.1. The minimum atomic E-state index is -1.37. The van der Waals surface area contributed by atoms with Crippen LogP contribution >= 0.6 is 0 Å². The van der Waals surface area contributed by atoms with Gasteiger partial charge in [-0.1, -0.05) is 11.2 Å². The van der Waals surface area contributed by atoms with Gasteiger partial charge in [-0.2, -0.15) is 4.98 Å². The van der Waals surface area contributed by atoms with E-state index in [4.69, 9.17) is 18.4 Å². The molecule has 5 aromatic rings. The van der Waals surface area contributed by atoms with Crippen molar-refractivity contribution in [1.82, 2.24) is 15.5 Å². The van der Waals surface area contributed by atoms with Crippen LogP contribution in [0.15, 0.2) is 87.8 Å². The standard InChI is InChI=1S/C36H35FN4O8/c1-20(2)46-25-13-9-22(10-14-25)29-16-17-30(47-29)32(42)39-28(34(43)44)19-21-6-15-26(27(37)18-21)31-40-33(49-41-31)23-7-11-24(12-8-23)38-35(45)48-36(3,4)5/h6-18,20,28H,19H2,1-5H3,(H,38,45)(H,39,42)(H,43,44)/t28-/m1/s1. The number of aliphatic carboxylic acids is 1. The Labute approximate surface area is 281 Å². The Balaban J connectivity index is 1.21. The summed E-state index contributed by atoms with van der Waals surface area (Å²) in [4.78, 5) is 41.2. The van der Waals surface area contributed by atoms with Gasteiger partial charge < -0.3 is 28.8 Å². The van der Waals surface area contributed by atoms with Gasteiger partial charge in [-0.3, -0.25) is 10.1 Å². The van der Waals surface area contributed by atoms with E-state index in [1.54, 1.807) is 75.4 Å². The quantitative estimate of drug-likeness (QED) is 0.129. The maximum absolute atomic E-state index is 15.2. The van der Waals surface area contributed by atoms with Crippen molar-refractivity contribution in [3.63, 3.8) is 0 Å². The van der Waals surface area contributed by atoms with Gasteiger partial charge in [0.05, 0.1) is 11.7 Å². The van der Waals surface area contributed by atoms with Crippen LogP contribution in [0.3, 0.4) is 0 Å². The summed E-state index contributed by atoms with van der Waals surface area (Å²) in [6.07, 6.45) is -0.781. The monoisotopic (exact) mass is 670 g/mol. The number of nitrogens with zero attached hydrogens (tertiary/aromatic N) is 2. The summed E-state index contributed by atoms with van der Waals surface area (Å²) in [6.45, 7) is 9.12. The van der Waals surface area contributed by atoms with Crippen molar-refractivity contribution in [3.8, 4) is 39.9 Å². The number of carbonyl (C=O) groups is 3. The van der Waals surface area contributed by atoms with Crippen LogP contribution in [0, 0.1) is 5.82 Å². The normalized spacial score (nSPS) is 12.0. The molecule has 0 fully saturated rings. The van der Waals surface area contributed by atoms with E-state index < -0.39 is 35.4 Å². The van der Waals surface area contributed by atoms with Crippen molar-refractivity contribution in [2.24, 2.45) is 0 Å². The van der Waals surface area contributed by atoms with Gasteiger partial charge in [0.2, 0.25) is 5.82 Å². The van der Waals surface area contributed by atoms with Gasteiger partial charge in [-0.15, -0.1) is 0 Å². The minimum absolute atomic E-state index is 0.0196. The summed E-state index contributed by atoms with van der Waals surface area (Å²) in [5.41, 5.74) is 1.43. The zero-order valence-electron chi connectivity index (χ0n) is 27.4. The molecular formula is C36H35FN4O8. The molecule has 0 unspecified atom stereocenters. The molecule has 0 saturated heterocycles. The first-order valence-corrected chi connectivity index (χ1v) is 15.4. The summed E-state index contributed by atoms with van der Waals surface area (Å²) >= 11 is 0. The highest BCUT2D eigenvalue weighted by Crippen LogP contribution is 2.27. The van der Waals surface area contributed by atoms with E-state index in [0.29, 0.717) is 33.9 Å². The first-order valence-electron chi connectivity index (χ1n) is 15.4. The number of amides is 2. The molecule has 0 radical (unpaired) electrons. The lowest BCUT2D eigenvalue weighted by atomic mass is 10.0. The maximum Gasteiger partial charge on any atom is 0.412 e. The molecule has 0 bridgehead atoms. The van der Waals surface area contributed by atoms with E-state index in [1.165, 1.54) is 18.2 Å². The number of halogens is 1. The predicted octanol–water partition coefficient (Wildman–Crippen LogP) is 7.36. The molecule has 0 aliphatic heterocycles. The first-order chi connectivity index (χ1) is 23.2. The van der Waals surface area contributed by atoms with Gasteiger partial charge in [-0.25, -0.2) is 14.0 Å². The van der Waals surface area contributed by atoms with Gasteiger partial charge >= 0.3 is 12.1 Å². The Bertz CT molecular complexity index is 1940. The maximum atomic E-state index is 15.2. The van der Waals surface area contributed by atoms with Gasteiger partial charge in [0.25, 0.3) is 11.8 Å². The number of nitrogens with one attached hydrogen (secondary N) is 2. The number of hydrogen-bond donors (Lipinski definition) is 3. The topological polar surface area (TPSA) is 166 Å². The number of carboxylic acids is 1. The lowest BCUT2D eigenvalue weighted by Gasteiger charge is -2.19. The van der Waals surface area contributed by atoms with E-state index in [1.807, 2.05) is 13.8 Å². The van der Waals surface area contributed by atoms with Gasteiger partial charge in [0.15, 0.2) is 5.76 Å². The van der Waals surface area contributed by atoms with Crippen molar-refractivity contribution in [3.05, 3.63) is 96.0 Å². The molecule has 12 nitrogen and oxygen atoms in total. The highest BCUT2D eigenvalue weighted by Gasteiger charge is 2.24. The Hall–Kier alpha value is -5.98. The first kappa shape index (κ1) is 34.4. The Morgan fingerprint density at radius 3 is 2.27 bits per heavy atom. The van der Waals surface area contributed by atoms with Crippen LogP contribution in [0.25, 0.3) is 34.2 Å². The number of benzene rings is 3. The van der Waals surface area contributed by atoms with E-state index in [2.05, 4.69) is 20.8 Å². The molecule has 0 aliphatic rings. The lowest BCUT2D eigenvalue weighted by Crippen LogP contribution is -2.42. The minimum Gasteiger partial charge on any atom is -0.491 e. The molecule has 2 amide bonds. The van der Waals surface area contributed by atoms with Gasteiger partial charge in [0, 0.05) is 23.2 Å². The molecule has 1 atom stereocenters. The highest BCUT2D eigenvalue weighted by atomic mass is 19.1. The number of aromatic nitrogens is 2. The molecule has 0 aliphatic carbocycles. The summed E-state index contributed by atoms with van der Waals surface area (Å²) in [7, 11) is 0. The van der Waals surface area contributed by atoms with E-state index >= 15 is 4.39 Å². The van der Waals surface area contributed by atoms with Crippen LogP contribution in [-0.2, 0) is 16.0 Å². The molecule has 0 saturated carbocycles. The number of furan rings is 1. The lowest BCUT2D eigenvalue weighted by molar-refractivity contribution is -0.139.